The van der Waals surface area contributed by atoms with E-state index in [1.807, 2.05) is 48.9 Å². The highest BCUT2D eigenvalue weighted by atomic mass is 32.1. The van der Waals surface area contributed by atoms with Crippen LogP contribution in [0.4, 0.5) is 8.78 Å². The lowest BCUT2D eigenvalue weighted by atomic mass is 10.2. The van der Waals surface area contributed by atoms with E-state index >= 15 is 0 Å². The lowest BCUT2D eigenvalue weighted by Crippen LogP contribution is -2.22. The van der Waals surface area contributed by atoms with Gasteiger partial charge < -0.3 is 10.1 Å². The van der Waals surface area contributed by atoms with Crippen molar-refractivity contribution in [3.05, 3.63) is 99.0 Å². The zero-order valence-corrected chi connectivity index (χ0v) is 18.4. The first kappa shape index (κ1) is 21.7. The molecule has 164 valence electrons. The zero-order chi connectivity index (χ0) is 22.7. The highest BCUT2D eigenvalue weighted by Crippen LogP contribution is 2.22. The van der Waals surface area contributed by atoms with Crippen molar-refractivity contribution in [2.24, 2.45) is 0 Å². The van der Waals surface area contributed by atoms with E-state index in [4.69, 9.17) is 4.74 Å². The Bertz CT molecular complexity index is 1250. The molecule has 0 aliphatic heterocycles. The average Bonchev–Trinajstić information content (AvgIpc) is 3.37. The summed E-state index contributed by atoms with van der Waals surface area (Å²) in [5.74, 6) is -1.67. The third-order valence-corrected chi connectivity index (χ3v) is 6.01. The molecule has 0 aliphatic carbocycles. The van der Waals surface area contributed by atoms with Gasteiger partial charge in [0.25, 0.3) is 5.91 Å². The van der Waals surface area contributed by atoms with E-state index in [1.165, 1.54) is 17.4 Å². The van der Waals surface area contributed by atoms with E-state index in [2.05, 4.69) is 10.4 Å². The molecule has 4 aromatic rings. The van der Waals surface area contributed by atoms with Crippen LogP contribution in [0.25, 0.3) is 5.69 Å². The van der Waals surface area contributed by atoms with Gasteiger partial charge in [-0.2, -0.15) is 5.10 Å². The van der Waals surface area contributed by atoms with Crippen LogP contribution in [-0.4, -0.2) is 15.7 Å². The fourth-order valence-electron chi connectivity index (χ4n) is 3.33. The molecule has 2 aromatic heterocycles. The normalized spacial score (nSPS) is 10.9. The van der Waals surface area contributed by atoms with Gasteiger partial charge in [-0.3, -0.25) is 4.79 Å². The molecule has 4 rings (SSSR count). The molecular formula is C24H21F2N3O2S. The fourth-order valence-corrected chi connectivity index (χ4v) is 4.14. The predicted octanol–water partition coefficient (Wildman–Crippen LogP) is 5.34. The van der Waals surface area contributed by atoms with Crippen LogP contribution in [0.2, 0.25) is 0 Å². The number of ether oxygens (including phenoxy) is 1. The van der Waals surface area contributed by atoms with Crippen LogP contribution in [-0.2, 0) is 13.2 Å². The Hall–Kier alpha value is -3.52. The number of benzene rings is 2. The largest absolute Gasteiger partial charge is 0.486 e. The van der Waals surface area contributed by atoms with Crippen LogP contribution in [0.5, 0.6) is 5.75 Å². The number of aryl methyl sites for hydroxylation is 1. The number of nitrogens with one attached hydrogen (secondary N) is 1. The molecule has 8 heteroatoms. The number of amides is 1. The minimum atomic E-state index is -0.764. The van der Waals surface area contributed by atoms with E-state index in [0.29, 0.717) is 11.4 Å². The Kier molecular flexibility index (Phi) is 6.32. The molecule has 0 aliphatic rings. The minimum absolute atomic E-state index is 0.0371. The maximum Gasteiger partial charge on any atom is 0.261 e. The number of aromatic nitrogens is 2. The topological polar surface area (TPSA) is 56.2 Å². The third-order valence-electron chi connectivity index (χ3n) is 5.03. The van der Waals surface area contributed by atoms with Gasteiger partial charge in [-0.1, -0.05) is 18.2 Å². The number of carbonyl (C=O) groups is 1. The van der Waals surface area contributed by atoms with E-state index in [9.17, 15) is 13.6 Å². The van der Waals surface area contributed by atoms with Crippen molar-refractivity contribution in [2.45, 2.75) is 27.0 Å². The maximum absolute atomic E-state index is 13.7. The van der Waals surface area contributed by atoms with Crippen LogP contribution in [0, 0.1) is 25.5 Å². The maximum atomic E-state index is 13.7. The SMILES string of the molecule is Cc1nn(-c2ccccc2)c(C)c1CNC(=O)c1cc(COc2ccc(F)cc2F)cs1. The fraction of sp³-hybridized carbons (Fsp3) is 0.167. The van der Waals surface area contributed by atoms with Gasteiger partial charge in [0.2, 0.25) is 0 Å². The summed E-state index contributed by atoms with van der Waals surface area (Å²) in [5, 5.41) is 9.32. The average molecular weight is 454 g/mol. The summed E-state index contributed by atoms with van der Waals surface area (Å²) in [6.07, 6.45) is 0. The number of nitrogens with zero attached hydrogens (tertiary/aromatic N) is 2. The highest BCUT2D eigenvalue weighted by Gasteiger charge is 2.15. The summed E-state index contributed by atoms with van der Waals surface area (Å²) < 4.78 is 33.9. The van der Waals surface area contributed by atoms with E-state index in [0.717, 1.165) is 40.3 Å². The number of rotatable bonds is 7. The Morgan fingerprint density at radius 2 is 1.91 bits per heavy atom. The lowest BCUT2D eigenvalue weighted by molar-refractivity contribution is 0.0955. The summed E-state index contributed by atoms with van der Waals surface area (Å²) in [6, 6.07) is 14.7. The molecule has 5 nitrogen and oxygen atoms in total. The summed E-state index contributed by atoms with van der Waals surface area (Å²) >= 11 is 1.28. The molecule has 0 fully saturated rings. The molecule has 2 heterocycles. The second kappa shape index (κ2) is 9.32. The quantitative estimate of drug-likeness (QED) is 0.411. The van der Waals surface area contributed by atoms with E-state index in [1.54, 1.807) is 11.4 Å². The lowest BCUT2D eigenvalue weighted by Gasteiger charge is -2.07. The Labute approximate surface area is 188 Å². The third kappa shape index (κ3) is 4.70. The van der Waals surface area contributed by atoms with Crippen LogP contribution >= 0.6 is 11.3 Å². The van der Waals surface area contributed by atoms with Crippen molar-refractivity contribution in [3.63, 3.8) is 0 Å². The first-order valence-corrected chi connectivity index (χ1v) is 10.8. The number of para-hydroxylation sites is 1. The smallest absolute Gasteiger partial charge is 0.261 e. The van der Waals surface area contributed by atoms with E-state index < -0.39 is 11.6 Å². The monoisotopic (exact) mass is 453 g/mol. The summed E-state index contributed by atoms with van der Waals surface area (Å²) in [7, 11) is 0. The van der Waals surface area contributed by atoms with Gasteiger partial charge in [0.1, 0.15) is 12.4 Å². The minimum Gasteiger partial charge on any atom is -0.486 e. The van der Waals surface area contributed by atoms with Crippen molar-refractivity contribution < 1.29 is 18.3 Å². The predicted molar refractivity (Wildman–Crippen MR) is 119 cm³/mol. The molecule has 0 atom stereocenters. The first-order chi connectivity index (χ1) is 15.4. The molecule has 0 unspecified atom stereocenters. The summed E-state index contributed by atoms with van der Waals surface area (Å²) in [4.78, 5) is 13.1. The molecule has 0 saturated carbocycles. The Balaban J connectivity index is 1.38. The Morgan fingerprint density at radius 1 is 1.12 bits per heavy atom. The standard InChI is InChI=1S/C24H21F2N3O2S/c1-15-20(16(2)29(28-15)19-6-4-3-5-7-19)12-27-24(30)23-10-17(14-32-23)13-31-22-9-8-18(25)11-21(22)26/h3-11,14H,12-13H2,1-2H3,(H,27,30). The molecule has 0 spiro atoms. The van der Waals surface area contributed by atoms with Gasteiger partial charge in [0, 0.05) is 29.4 Å². The number of thiophene rings is 1. The second-order valence-electron chi connectivity index (χ2n) is 7.26. The van der Waals surface area contributed by atoms with Crippen LogP contribution in [0.3, 0.4) is 0 Å². The van der Waals surface area contributed by atoms with Crippen LogP contribution < -0.4 is 10.1 Å². The van der Waals surface area contributed by atoms with Gasteiger partial charge >= 0.3 is 0 Å². The van der Waals surface area contributed by atoms with Gasteiger partial charge in [0.15, 0.2) is 11.6 Å². The molecule has 1 amide bonds. The summed E-state index contributed by atoms with van der Waals surface area (Å²) in [6.45, 7) is 4.33. The van der Waals surface area contributed by atoms with Crippen LogP contribution in [0.15, 0.2) is 60.0 Å². The van der Waals surface area contributed by atoms with Crippen molar-refractivity contribution in [2.75, 3.05) is 0 Å². The van der Waals surface area contributed by atoms with Crippen molar-refractivity contribution in [3.8, 4) is 11.4 Å². The molecular weight excluding hydrogens is 432 g/mol. The number of carbonyl (C=O) groups excluding carboxylic acids is 1. The highest BCUT2D eigenvalue weighted by molar-refractivity contribution is 7.12. The van der Waals surface area contributed by atoms with E-state index in [-0.39, 0.29) is 18.3 Å². The van der Waals surface area contributed by atoms with Crippen molar-refractivity contribution in [1.29, 1.82) is 0 Å². The van der Waals surface area contributed by atoms with Gasteiger partial charge in [-0.05, 0) is 49.6 Å². The second-order valence-corrected chi connectivity index (χ2v) is 8.17. The number of halogens is 2. The molecule has 0 saturated heterocycles. The van der Waals surface area contributed by atoms with Gasteiger partial charge in [-0.15, -0.1) is 11.3 Å². The molecule has 32 heavy (non-hydrogen) atoms. The summed E-state index contributed by atoms with van der Waals surface area (Å²) in [5.41, 5.74) is 4.48. The van der Waals surface area contributed by atoms with Crippen molar-refractivity contribution in [1.82, 2.24) is 15.1 Å². The van der Waals surface area contributed by atoms with Gasteiger partial charge in [0.05, 0.1) is 16.3 Å². The molecule has 2 aromatic carbocycles. The van der Waals surface area contributed by atoms with Gasteiger partial charge in [-0.25, -0.2) is 13.5 Å². The number of hydrogen-bond acceptors (Lipinski definition) is 4. The molecule has 0 bridgehead atoms. The molecule has 1 N–H and O–H groups in total. The first-order valence-electron chi connectivity index (χ1n) is 9.96. The van der Waals surface area contributed by atoms with Crippen molar-refractivity contribution >= 4 is 17.2 Å². The zero-order valence-electron chi connectivity index (χ0n) is 17.6. The van der Waals surface area contributed by atoms with Crippen LogP contribution in [0.1, 0.15) is 32.2 Å². The Morgan fingerprint density at radius 3 is 2.66 bits per heavy atom. The number of hydrogen-bond donors (Lipinski definition) is 1. The molecule has 0 radical (unpaired) electrons.